The van der Waals surface area contributed by atoms with Crippen LogP contribution in [0.4, 0.5) is 0 Å². The van der Waals surface area contributed by atoms with Gasteiger partial charge < -0.3 is 14.4 Å². The minimum Gasteiger partial charge on any atom is -0.339 e. The van der Waals surface area contributed by atoms with E-state index < -0.39 is 0 Å². The maximum atomic E-state index is 12.5. The molecule has 1 unspecified atom stereocenters. The first-order valence-electron chi connectivity index (χ1n) is 7.72. The lowest BCUT2D eigenvalue weighted by Gasteiger charge is -2.30. The Kier molecular flexibility index (Phi) is 4.22. The van der Waals surface area contributed by atoms with Crippen LogP contribution < -0.4 is 5.56 Å². The highest BCUT2D eigenvalue weighted by atomic mass is 16.5. The highest BCUT2D eigenvalue weighted by Crippen LogP contribution is 2.27. The van der Waals surface area contributed by atoms with Gasteiger partial charge in [0.05, 0.1) is 12.1 Å². The number of nitrogens with zero attached hydrogens (tertiary/aromatic N) is 4. The lowest BCUT2D eigenvalue weighted by molar-refractivity contribution is 0.0689. The maximum absolute atomic E-state index is 12.5. The summed E-state index contributed by atoms with van der Waals surface area (Å²) in [4.78, 5) is 36.0. The first-order valence-corrected chi connectivity index (χ1v) is 7.72. The van der Waals surface area contributed by atoms with Crippen molar-refractivity contribution in [3.8, 4) is 0 Å². The number of hydrogen-bond donors (Lipinski definition) is 1. The van der Waals surface area contributed by atoms with Crippen molar-refractivity contribution >= 4 is 5.91 Å². The van der Waals surface area contributed by atoms with Gasteiger partial charge >= 0.3 is 0 Å². The molecule has 1 aliphatic rings. The van der Waals surface area contributed by atoms with Crippen molar-refractivity contribution in [3.05, 3.63) is 40.2 Å². The predicted octanol–water partition coefficient (Wildman–Crippen LogP) is 1.30. The van der Waals surface area contributed by atoms with E-state index in [0.717, 1.165) is 19.0 Å². The molecule has 0 aliphatic carbocycles. The Morgan fingerprint density at radius 1 is 1.48 bits per heavy atom. The summed E-state index contributed by atoms with van der Waals surface area (Å²) < 4.78 is 5.35. The van der Waals surface area contributed by atoms with E-state index in [2.05, 4.69) is 20.1 Å². The van der Waals surface area contributed by atoms with Gasteiger partial charge in [-0.3, -0.25) is 9.59 Å². The molecule has 8 heteroatoms. The van der Waals surface area contributed by atoms with Crippen LogP contribution in [0.3, 0.4) is 0 Å². The summed E-state index contributed by atoms with van der Waals surface area (Å²) in [5, 5.41) is 3.99. The van der Waals surface area contributed by atoms with Gasteiger partial charge in [-0.15, -0.1) is 0 Å². The molecule has 2 aromatic rings. The quantitative estimate of drug-likeness (QED) is 0.914. The second-order valence-corrected chi connectivity index (χ2v) is 6.03. The van der Waals surface area contributed by atoms with Crippen LogP contribution >= 0.6 is 0 Å². The fourth-order valence-electron chi connectivity index (χ4n) is 2.63. The molecule has 0 spiro atoms. The normalized spacial score (nSPS) is 18.4. The van der Waals surface area contributed by atoms with Crippen molar-refractivity contribution in [2.75, 3.05) is 13.1 Å². The van der Waals surface area contributed by atoms with Crippen LogP contribution in [0.2, 0.25) is 0 Å². The fraction of sp³-hybridized carbons (Fsp3) is 0.533. The van der Waals surface area contributed by atoms with Gasteiger partial charge in [0.15, 0.2) is 5.82 Å². The Labute approximate surface area is 132 Å². The van der Waals surface area contributed by atoms with Crippen LogP contribution in [-0.2, 0) is 0 Å². The van der Waals surface area contributed by atoms with Gasteiger partial charge in [-0.05, 0) is 12.8 Å². The van der Waals surface area contributed by atoms with E-state index in [1.807, 2.05) is 13.8 Å². The highest BCUT2D eigenvalue weighted by molar-refractivity contribution is 5.92. The summed E-state index contributed by atoms with van der Waals surface area (Å²) in [5.74, 6) is 1.32. The second kappa shape index (κ2) is 6.31. The Morgan fingerprint density at radius 3 is 2.96 bits per heavy atom. The standard InChI is InChI=1S/C15H19N5O3/c1-9(2)13-18-14(23-19-13)10-4-3-5-20(8-10)15(22)11-6-17-12(21)7-16-11/h6-7,9-10H,3-5,8H2,1-2H3,(H,17,21). The Balaban J connectivity index is 1.73. The van der Waals surface area contributed by atoms with Crippen molar-refractivity contribution in [1.29, 1.82) is 0 Å². The molecule has 1 N–H and O–H groups in total. The van der Waals surface area contributed by atoms with Crippen LogP contribution in [0.25, 0.3) is 0 Å². The third-order valence-corrected chi connectivity index (χ3v) is 3.92. The topological polar surface area (TPSA) is 105 Å². The van der Waals surface area contributed by atoms with E-state index in [-0.39, 0.29) is 29.0 Å². The predicted molar refractivity (Wildman–Crippen MR) is 81.1 cm³/mol. The molecule has 0 bridgehead atoms. The molecule has 3 rings (SSSR count). The zero-order chi connectivity index (χ0) is 16.4. The molecule has 1 aliphatic heterocycles. The van der Waals surface area contributed by atoms with Crippen LogP contribution in [-0.4, -0.2) is 44.0 Å². The third kappa shape index (κ3) is 3.30. The summed E-state index contributed by atoms with van der Waals surface area (Å²) in [6.07, 6.45) is 4.22. The molecule has 122 valence electrons. The van der Waals surface area contributed by atoms with E-state index in [0.29, 0.717) is 24.8 Å². The first-order chi connectivity index (χ1) is 11.0. The number of aromatic nitrogens is 4. The minimum absolute atomic E-state index is 0.0375. The highest BCUT2D eigenvalue weighted by Gasteiger charge is 2.29. The van der Waals surface area contributed by atoms with Crippen LogP contribution in [0, 0.1) is 0 Å². The molecule has 1 atom stereocenters. The van der Waals surface area contributed by atoms with E-state index >= 15 is 0 Å². The summed E-state index contributed by atoms with van der Waals surface area (Å²) >= 11 is 0. The SMILES string of the molecule is CC(C)c1noc(C2CCCN(C(=O)c3c[nH]c(=O)cn3)C2)n1. The maximum Gasteiger partial charge on any atom is 0.273 e. The molecule has 2 aromatic heterocycles. The van der Waals surface area contributed by atoms with Crippen LogP contribution in [0.1, 0.15) is 60.7 Å². The minimum atomic E-state index is -0.329. The Bertz CT molecular complexity index is 731. The molecule has 23 heavy (non-hydrogen) atoms. The van der Waals surface area contributed by atoms with Crippen LogP contribution in [0.15, 0.2) is 21.7 Å². The molecule has 1 saturated heterocycles. The largest absolute Gasteiger partial charge is 0.339 e. The average Bonchev–Trinajstić information content (AvgIpc) is 3.05. The molecule has 3 heterocycles. The van der Waals surface area contributed by atoms with Gasteiger partial charge in [0.2, 0.25) is 5.89 Å². The van der Waals surface area contributed by atoms with Crippen molar-refractivity contribution in [2.24, 2.45) is 0 Å². The Hall–Kier alpha value is -2.51. The van der Waals surface area contributed by atoms with Gasteiger partial charge in [-0.1, -0.05) is 19.0 Å². The average molecular weight is 317 g/mol. The smallest absolute Gasteiger partial charge is 0.273 e. The van der Waals surface area contributed by atoms with E-state index in [4.69, 9.17) is 4.52 Å². The van der Waals surface area contributed by atoms with Gasteiger partial charge in [0.1, 0.15) is 5.69 Å². The molecule has 1 fully saturated rings. The monoisotopic (exact) mass is 317 g/mol. The Morgan fingerprint density at radius 2 is 2.30 bits per heavy atom. The number of piperidine rings is 1. The summed E-state index contributed by atoms with van der Waals surface area (Å²) in [5.41, 5.74) is -0.0937. The molecule has 0 radical (unpaired) electrons. The number of hydrogen-bond acceptors (Lipinski definition) is 6. The third-order valence-electron chi connectivity index (χ3n) is 3.92. The summed E-state index contributed by atoms with van der Waals surface area (Å²) in [6, 6.07) is 0. The number of rotatable bonds is 3. The molecule has 1 amide bonds. The number of likely N-dealkylation sites (tertiary alicyclic amines) is 1. The lowest BCUT2D eigenvalue weighted by Crippen LogP contribution is -2.39. The van der Waals surface area contributed by atoms with Crippen molar-refractivity contribution in [2.45, 2.75) is 38.5 Å². The van der Waals surface area contributed by atoms with E-state index in [9.17, 15) is 9.59 Å². The zero-order valence-corrected chi connectivity index (χ0v) is 13.2. The molecule has 0 saturated carbocycles. The lowest BCUT2D eigenvalue weighted by atomic mass is 9.97. The molecular formula is C15H19N5O3. The number of carbonyl (C=O) groups is 1. The summed E-state index contributed by atoms with van der Waals surface area (Å²) in [7, 11) is 0. The fourth-order valence-corrected chi connectivity index (χ4v) is 2.63. The number of H-pyrrole nitrogens is 1. The van der Waals surface area contributed by atoms with Crippen LogP contribution in [0.5, 0.6) is 0 Å². The number of nitrogens with one attached hydrogen (secondary N) is 1. The van der Waals surface area contributed by atoms with Gasteiger partial charge in [-0.2, -0.15) is 4.98 Å². The van der Waals surface area contributed by atoms with Crippen molar-refractivity contribution in [1.82, 2.24) is 25.0 Å². The number of amides is 1. The second-order valence-electron chi connectivity index (χ2n) is 6.03. The summed E-state index contributed by atoms with van der Waals surface area (Å²) in [6.45, 7) is 5.18. The van der Waals surface area contributed by atoms with Crippen molar-refractivity contribution < 1.29 is 9.32 Å². The van der Waals surface area contributed by atoms with Gasteiger partial charge in [-0.25, -0.2) is 4.98 Å². The molecule has 8 nitrogen and oxygen atoms in total. The van der Waals surface area contributed by atoms with Gasteiger partial charge in [0, 0.05) is 25.2 Å². The first kappa shape index (κ1) is 15.4. The van der Waals surface area contributed by atoms with Crippen molar-refractivity contribution in [3.63, 3.8) is 0 Å². The molecule has 0 aromatic carbocycles. The van der Waals surface area contributed by atoms with E-state index in [1.54, 1.807) is 4.90 Å². The number of aromatic amines is 1. The molecular weight excluding hydrogens is 298 g/mol. The number of carbonyl (C=O) groups excluding carboxylic acids is 1. The van der Waals surface area contributed by atoms with E-state index in [1.165, 1.54) is 6.20 Å². The zero-order valence-electron chi connectivity index (χ0n) is 13.2. The van der Waals surface area contributed by atoms with Gasteiger partial charge in [0.25, 0.3) is 11.5 Å².